The van der Waals surface area contributed by atoms with Crippen LogP contribution >= 0.6 is 22.7 Å². The smallest absolute Gasteiger partial charge is 0.338 e. The number of carbonyl (C=O) groups excluding carboxylic acids is 1. The number of thiazole rings is 1. The maximum absolute atomic E-state index is 14.0. The molecule has 9 heteroatoms. The van der Waals surface area contributed by atoms with Crippen LogP contribution in [0.15, 0.2) is 69.3 Å². The largest absolute Gasteiger partial charge is 0.463 e. The van der Waals surface area contributed by atoms with Gasteiger partial charge in [-0.25, -0.2) is 9.79 Å². The summed E-state index contributed by atoms with van der Waals surface area (Å²) in [6, 6.07) is 14.9. The lowest BCUT2D eigenvalue weighted by Gasteiger charge is -2.24. The first-order valence-corrected chi connectivity index (χ1v) is 14.1. The van der Waals surface area contributed by atoms with E-state index in [9.17, 15) is 9.59 Å². The van der Waals surface area contributed by atoms with Gasteiger partial charge >= 0.3 is 5.97 Å². The molecule has 196 valence electrons. The molecule has 1 aromatic carbocycles. The van der Waals surface area contributed by atoms with Crippen LogP contribution in [0.1, 0.15) is 40.4 Å². The number of hydrogen-bond donors (Lipinski definition) is 0. The SMILES string of the molecule is CCOC(=O)C1=C(c2ccccc2)N=c2s/c(=C\c3cc(C)n(CCOC)c3C)c(=O)n2[C@H]1c1cccs1. The fourth-order valence-electron chi connectivity index (χ4n) is 4.80. The van der Waals surface area contributed by atoms with Crippen LogP contribution in [0.5, 0.6) is 0 Å². The van der Waals surface area contributed by atoms with E-state index in [0.29, 0.717) is 27.2 Å². The lowest BCUT2D eigenvalue weighted by atomic mass is 9.97. The Morgan fingerprint density at radius 3 is 2.63 bits per heavy atom. The summed E-state index contributed by atoms with van der Waals surface area (Å²) < 4.78 is 15.2. The van der Waals surface area contributed by atoms with Crippen LogP contribution in [0.3, 0.4) is 0 Å². The highest BCUT2D eigenvalue weighted by molar-refractivity contribution is 7.10. The van der Waals surface area contributed by atoms with Crippen molar-refractivity contribution in [3.63, 3.8) is 0 Å². The highest BCUT2D eigenvalue weighted by Gasteiger charge is 2.35. The topological polar surface area (TPSA) is 74.8 Å². The standard InChI is InChI=1S/C29H29N3O4S2/c1-5-36-28(34)24-25(20-10-7-6-8-11-20)30-29-32(26(24)22-12-9-15-37-22)27(33)23(38-29)17-21-16-18(2)31(19(21)3)13-14-35-4/h6-12,15-17,26H,5,13-14H2,1-4H3/b23-17-/t26-/m0/s1. The quantitative estimate of drug-likeness (QED) is 0.312. The van der Waals surface area contributed by atoms with Crippen LogP contribution in [-0.2, 0) is 20.8 Å². The minimum atomic E-state index is -0.628. The number of methoxy groups -OCH3 is 1. The number of esters is 1. The van der Waals surface area contributed by atoms with E-state index < -0.39 is 12.0 Å². The molecule has 4 heterocycles. The second kappa shape index (κ2) is 11.1. The minimum Gasteiger partial charge on any atom is -0.463 e. The Morgan fingerprint density at radius 1 is 1.16 bits per heavy atom. The Hall–Kier alpha value is -3.53. The van der Waals surface area contributed by atoms with Gasteiger partial charge in [-0.15, -0.1) is 11.3 Å². The summed E-state index contributed by atoms with van der Waals surface area (Å²) in [5.74, 6) is -0.468. The monoisotopic (exact) mass is 547 g/mol. The molecule has 7 nitrogen and oxygen atoms in total. The van der Waals surface area contributed by atoms with Gasteiger partial charge in [-0.05, 0) is 49.9 Å². The van der Waals surface area contributed by atoms with Crippen LogP contribution in [0, 0.1) is 13.8 Å². The third kappa shape index (κ3) is 4.73. The number of thiophene rings is 1. The number of nitrogens with zero attached hydrogens (tertiary/aromatic N) is 3. The zero-order valence-corrected chi connectivity index (χ0v) is 23.4. The number of rotatable bonds is 8. The summed E-state index contributed by atoms with van der Waals surface area (Å²) in [6.07, 6.45) is 1.93. The highest BCUT2D eigenvalue weighted by atomic mass is 32.1. The lowest BCUT2D eigenvalue weighted by Crippen LogP contribution is -2.39. The molecule has 1 atom stereocenters. The fourth-order valence-corrected chi connectivity index (χ4v) is 6.61. The zero-order chi connectivity index (χ0) is 26.8. The number of ether oxygens (including phenoxy) is 2. The molecule has 1 aliphatic heterocycles. The van der Waals surface area contributed by atoms with E-state index in [1.54, 1.807) is 18.6 Å². The van der Waals surface area contributed by atoms with Gasteiger partial charge in [-0.2, -0.15) is 0 Å². The van der Waals surface area contributed by atoms with Gasteiger partial charge in [-0.1, -0.05) is 47.7 Å². The van der Waals surface area contributed by atoms with Crippen molar-refractivity contribution in [2.24, 2.45) is 4.99 Å². The Labute approximate surface area is 228 Å². The summed E-state index contributed by atoms with van der Waals surface area (Å²) in [6.45, 7) is 7.45. The number of benzene rings is 1. The maximum Gasteiger partial charge on any atom is 0.338 e. The summed E-state index contributed by atoms with van der Waals surface area (Å²) in [5, 5.41) is 1.95. The predicted molar refractivity (Wildman–Crippen MR) is 151 cm³/mol. The predicted octanol–water partition coefficient (Wildman–Crippen LogP) is 4.06. The molecule has 0 unspecified atom stereocenters. The van der Waals surface area contributed by atoms with E-state index in [4.69, 9.17) is 14.5 Å². The molecule has 3 aromatic heterocycles. The number of carbonyl (C=O) groups is 1. The van der Waals surface area contributed by atoms with Crippen molar-refractivity contribution in [2.45, 2.75) is 33.4 Å². The van der Waals surface area contributed by atoms with Crippen molar-refractivity contribution in [3.05, 3.63) is 107 Å². The van der Waals surface area contributed by atoms with Crippen molar-refractivity contribution < 1.29 is 14.3 Å². The van der Waals surface area contributed by atoms with Gasteiger partial charge < -0.3 is 14.0 Å². The second-order valence-electron chi connectivity index (χ2n) is 8.92. The highest BCUT2D eigenvalue weighted by Crippen LogP contribution is 2.36. The van der Waals surface area contributed by atoms with Gasteiger partial charge in [0, 0.05) is 35.5 Å². The van der Waals surface area contributed by atoms with Crippen molar-refractivity contribution >= 4 is 40.4 Å². The first kappa shape index (κ1) is 26.1. The van der Waals surface area contributed by atoms with Gasteiger partial charge in [-0.3, -0.25) is 9.36 Å². The number of aromatic nitrogens is 2. The lowest BCUT2D eigenvalue weighted by molar-refractivity contribution is -0.138. The second-order valence-corrected chi connectivity index (χ2v) is 10.9. The number of hydrogen-bond acceptors (Lipinski definition) is 7. The first-order valence-electron chi connectivity index (χ1n) is 12.4. The molecule has 0 amide bonds. The summed E-state index contributed by atoms with van der Waals surface area (Å²) in [5.41, 5.74) is 4.68. The van der Waals surface area contributed by atoms with E-state index >= 15 is 0 Å². The molecule has 0 saturated carbocycles. The molecule has 0 saturated heterocycles. The molecule has 0 bridgehead atoms. The first-order chi connectivity index (χ1) is 18.4. The third-order valence-electron chi connectivity index (χ3n) is 6.60. The molecule has 0 fully saturated rings. The zero-order valence-electron chi connectivity index (χ0n) is 21.8. The van der Waals surface area contributed by atoms with Crippen LogP contribution in [0.4, 0.5) is 0 Å². The van der Waals surface area contributed by atoms with Crippen LogP contribution in [0.25, 0.3) is 11.8 Å². The number of fused-ring (bicyclic) bond motifs is 1. The van der Waals surface area contributed by atoms with Crippen molar-refractivity contribution in [1.29, 1.82) is 0 Å². The molecule has 0 N–H and O–H groups in total. The van der Waals surface area contributed by atoms with Crippen molar-refractivity contribution in [1.82, 2.24) is 9.13 Å². The Balaban J connectivity index is 1.75. The van der Waals surface area contributed by atoms with Crippen molar-refractivity contribution in [2.75, 3.05) is 20.3 Å². The van der Waals surface area contributed by atoms with Gasteiger partial charge in [0.25, 0.3) is 5.56 Å². The maximum atomic E-state index is 14.0. The summed E-state index contributed by atoms with van der Waals surface area (Å²) >= 11 is 2.84. The summed E-state index contributed by atoms with van der Waals surface area (Å²) in [7, 11) is 1.69. The van der Waals surface area contributed by atoms with Gasteiger partial charge in [0.1, 0.15) is 6.04 Å². The molecule has 0 spiro atoms. The molecule has 1 aliphatic rings. The minimum absolute atomic E-state index is 0.178. The molecule has 0 aliphatic carbocycles. The van der Waals surface area contributed by atoms with Gasteiger partial charge in [0.15, 0.2) is 4.80 Å². The molecule has 38 heavy (non-hydrogen) atoms. The van der Waals surface area contributed by atoms with E-state index in [1.165, 1.54) is 22.7 Å². The average Bonchev–Trinajstić information content (AvgIpc) is 3.62. The normalized spacial score (nSPS) is 15.5. The molecule has 5 rings (SSSR count). The number of aryl methyl sites for hydroxylation is 1. The van der Waals surface area contributed by atoms with Crippen LogP contribution in [-0.4, -0.2) is 35.4 Å². The van der Waals surface area contributed by atoms with Crippen molar-refractivity contribution in [3.8, 4) is 0 Å². The van der Waals surface area contributed by atoms with Crippen LogP contribution in [0.2, 0.25) is 0 Å². The molecule has 4 aromatic rings. The average molecular weight is 548 g/mol. The van der Waals surface area contributed by atoms with E-state index in [0.717, 1.165) is 33.9 Å². The van der Waals surface area contributed by atoms with Crippen LogP contribution < -0.4 is 14.9 Å². The Bertz CT molecular complexity index is 1680. The van der Waals surface area contributed by atoms with Gasteiger partial charge in [0.2, 0.25) is 0 Å². The van der Waals surface area contributed by atoms with Gasteiger partial charge in [0.05, 0.1) is 29.0 Å². The van der Waals surface area contributed by atoms with E-state index in [-0.39, 0.29) is 12.2 Å². The van der Waals surface area contributed by atoms with E-state index in [1.807, 2.05) is 60.8 Å². The van der Waals surface area contributed by atoms with E-state index in [2.05, 4.69) is 17.6 Å². The third-order valence-corrected chi connectivity index (χ3v) is 8.51. The molecular weight excluding hydrogens is 518 g/mol. The Kier molecular flexibility index (Phi) is 7.60. The fraction of sp³-hybridized carbons (Fsp3) is 0.276. The summed E-state index contributed by atoms with van der Waals surface area (Å²) in [4.78, 5) is 33.7. The Morgan fingerprint density at radius 2 is 1.95 bits per heavy atom. The molecular formula is C29H29N3O4S2. The molecule has 0 radical (unpaired) electrons.